The molecule has 0 saturated heterocycles. The van der Waals surface area contributed by atoms with Crippen molar-refractivity contribution >= 4 is 44.9 Å². The van der Waals surface area contributed by atoms with E-state index in [1.807, 2.05) is 78.9 Å². The lowest BCUT2D eigenvalue weighted by molar-refractivity contribution is 1.16. The van der Waals surface area contributed by atoms with Crippen LogP contribution < -0.4 is 10.6 Å². The van der Waals surface area contributed by atoms with Gasteiger partial charge in [-0.05, 0) is 52.6 Å². The number of nitrogens with one attached hydrogen (secondary N) is 1. The molecule has 0 aliphatic rings. The molecule has 0 unspecified atom stereocenters. The summed E-state index contributed by atoms with van der Waals surface area (Å²) in [4.78, 5) is 12.9. The highest BCUT2D eigenvalue weighted by molar-refractivity contribution is 6.23. The van der Waals surface area contributed by atoms with Crippen molar-refractivity contribution in [3.8, 4) is 61.6 Å². The second-order valence-corrected chi connectivity index (χ2v) is 16.8. The van der Waals surface area contributed by atoms with Crippen LogP contribution in [-0.4, -0.2) is 28.3 Å². The number of fused-ring (bicyclic) bond motifs is 3. The van der Waals surface area contributed by atoms with Crippen molar-refractivity contribution in [2.75, 3.05) is 17.7 Å². The Labute approximate surface area is 396 Å². The zero-order valence-corrected chi connectivity index (χ0v) is 37.5. The van der Waals surface area contributed by atoms with Gasteiger partial charge >= 0.3 is 0 Å². The lowest BCUT2D eigenvalue weighted by atomic mass is 9.94. The van der Waals surface area contributed by atoms with E-state index in [0.29, 0.717) is 11.5 Å². The largest absolute Gasteiger partial charge is 0.398 e. The Morgan fingerprint density at radius 2 is 1.00 bits per heavy atom. The van der Waals surface area contributed by atoms with Crippen LogP contribution >= 0.6 is 0 Å². The molecule has 6 nitrogen and oxygen atoms in total. The zero-order valence-electron chi connectivity index (χ0n) is 37.5. The topological polar surface area (TPSA) is 83.3 Å². The summed E-state index contributed by atoms with van der Waals surface area (Å²) in [5.41, 5.74) is 23.0. The number of pyridine rings is 1. The average Bonchev–Trinajstić information content (AvgIpc) is 3.75. The third-order valence-electron chi connectivity index (χ3n) is 12.7. The Bertz CT molecular complexity index is 3650. The molecule has 0 saturated carbocycles. The van der Waals surface area contributed by atoms with Crippen LogP contribution in [0, 0.1) is 5.41 Å². The molecule has 0 spiro atoms. The standard InChI is InChI=1S/C62H46N6/c1-67(62(45-28-12-5-13-29-45)66-61(64)44-26-10-4-11-27-44)59-51(48-31-16-19-35-54(48)63)38-39-52-50-33-17-20-36-57(50)68(60(52)59)58-37-21-18-34-53(58)56-41-46(42-22-6-2-7-23-42)40-55(65-56)49-32-15-14-30-47(49)43-24-8-3-9-25-43/h2-41,64H,63H2,1H3. The predicted octanol–water partition coefficient (Wildman–Crippen LogP) is 15.0. The molecular weight excluding hydrogens is 829 g/mol. The van der Waals surface area contributed by atoms with E-state index in [1.165, 1.54) is 0 Å². The molecule has 0 aliphatic carbocycles. The molecule has 324 valence electrons. The number of nitrogens with zero attached hydrogens (tertiary/aromatic N) is 4. The van der Waals surface area contributed by atoms with Gasteiger partial charge in [-0.25, -0.2) is 9.98 Å². The maximum atomic E-state index is 9.34. The fourth-order valence-corrected chi connectivity index (χ4v) is 9.45. The van der Waals surface area contributed by atoms with Gasteiger partial charge in [-0.1, -0.05) is 212 Å². The van der Waals surface area contributed by atoms with Crippen LogP contribution in [0.2, 0.25) is 0 Å². The van der Waals surface area contributed by atoms with Crippen LogP contribution in [0.3, 0.4) is 0 Å². The van der Waals surface area contributed by atoms with Gasteiger partial charge in [0.15, 0.2) is 5.84 Å². The van der Waals surface area contributed by atoms with E-state index in [2.05, 4.69) is 180 Å². The van der Waals surface area contributed by atoms with E-state index in [9.17, 15) is 5.41 Å². The van der Waals surface area contributed by atoms with Crippen molar-refractivity contribution in [1.82, 2.24) is 9.55 Å². The predicted molar refractivity (Wildman–Crippen MR) is 285 cm³/mol. The second-order valence-electron chi connectivity index (χ2n) is 16.8. The molecule has 0 radical (unpaired) electrons. The first kappa shape index (κ1) is 41.6. The molecule has 2 aromatic heterocycles. The minimum atomic E-state index is 0.157. The van der Waals surface area contributed by atoms with Gasteiger partial charge in [0, 0.05) is 56.9 Å². The quantitative estimate of drug-likeness (QED) is 0.0861. The Kier molecular flexibility index (Phi) is 11.0. The van der Waals surface area contributed by atoms with Crippen LogP contribution in [0.4, 0.5) is 11.4 Å². The summed E-state index contributed by atoms with van der Waals surface area (Å²) in [6, 6.07) is 83.4. The maximum absolute atomic E-state index is 9.34. The van der Waals surface area contributed by atoms with Gasteiger partial charge in [-0.15, -0.1) is 0 Å². The van der Waals surface area contributed by atoms with Crippen LogP contribution in [0.5, 0.6) is 0 Å². The van der Waals surface area contributed by atoms with E-state index < -0.39 is 0 Å². The number of aromatic nitrogens is 2. The third kappa shape index (κ3) is 7.70. The normalized spacial score (nSPS) is 11.5. The summed E-state index contributed by atoms with van der Waals surface area (Å²) in [5.74, 6) is 0.774. The van der Waals surface area contributed by atoms with Gasteiger partial charge in [0.2, 0.25) is 0 Å². The van der Waals surface area contributed by atoms with Gasteiger partial charge in [0.05, 0.1) is 33.8 Å². The van der Waals surface area contributed by atoms with Gasteiger partial charge in [0.1, 0.15) is 5.84 Å². The summed E-state index contributed by atoms with van der Waals surface area (Å²) in [5, 5.41) is 11.5. The molecule has 2 heterocycles. The highest BCUT2D eigenvalue weighted by atomic mass is 15.2. The van der Waals surface area contributed by atoms with Gasteiger partial charge in [-0.3, -0.25) is 5.41 Å². The second kappa shape index (κ2) is 18.0. The number of nitrogens with two attached hydrogens (primary N) is 1. The van der Waals surface area contributed by atoms with Crippen molar-refractivity contribution < 1.29 is 0 Å². The highest BCUT2D eigenvalue weighted by Gasteiger charge is 2.27. The van der Waals surface area contributed by atoms with Crippen LogP contribution in [-0.2, 0) is 0 Å². The number of anilines is 2. The van der Waals surface area contributed by atoms with Crippen LogP contribution in [0.1, 0.15) is 11.1 Å². The van der Waals surface area contributed by atoms with E-state index in [1.54, 1.807) is 0 Å². The first-order valence-corrected chi connectivity index (χ1v) is 22.8. The molecule has 11 rings (SSSR count). The summed E-state index contributed by atoms with van der Waals surface area (Å²) < 4.78 is 2.38. The van der Waals surface area contributed by atoms with Crippen molar-refractivity contribution in [3.63, 3.8) is 0 Å². The first-order valence-electron chi connectivity index (χ1n) is 22.8. The van der Waals surface area contributed by atoms with E-state index in [-0.39, 0.29) is 5.84 Å². The van der Waals surface area contributed by atoms with Crippen molar-refractivity contribution in [2.24, 2.45) is 4.99 Å². The zero-order chi connectivity index (χ0) is 46.0. The molecule has 0 fully saturated rings. The van der Waals surface area contributed by atoms with Crippen LogP contribution in [0.15, 0.2) is 248 Å². The molecule has 0 aliphatic heterocycles. The number of rotatable bonds is 9. The Morgan fingerprint density at radius 1 is 0.471 bits per heavy atom. The van der Waals surface area contributed by atoms with Gasteiger partial charge in [-0.2, -0.15) is 0 Å². The van der Waals surface area contributed by atoms with Crippen LogP contribution in [0.25, 0.3) is 83.4 Å². The number of benzene rings is 9. The smallest absolute Gasteiger partial charge is 0.154 e. The van der Waals surface area contributed by atoms with E-state index in [0.717, 1.165) is 100 Å². The number of nitrogen functional groups attached to an aromatic ring is 1. The van der Waals surface area contributed by atoms with Crippen molar-refractivity contribution in [2.45, 2.75) is 0 Å². The average molecular weight is 875 g/mol. The van der Waals surface area contributed by atoms with Gasteiger partial charge < -0.3 is 15.2 Å². The van der Waals surface area contributed by atoms with E-state index >= 15 is 0 Å². The summed E-state index contributed by atoms with van der Waals surface area (Å²) in [6.45, 7) is 0. The molecule has 9 aromatic carbocycles. The molecule has 0 amide bonds. The van der Waals surface area contributed by atoms with E-state index in [4.69, 9.17) is 15.7 Å². The van der Waals surface area contributed by atoms with Crippen molar-refractivity contribution in [1.29, 1.82) is 5.41 Å². The minimum absolute atomic E-state index is 0.157. The third-order valence-corrected chi connectivity index (χ3v) is 12.7. The number of hydrogen-bond donors (Lipinski definition) is 2. The lowest BCUT2D eigenvalue weighted by Crippen LogP contribution is -2.29. The summed E-state index contributed by atoms with van der Waals surface area (Å²) >= 11 is 0. The van der Waals surface area contributed by atoms with Crippen molar-refractivity contribution in [3.05, 3.63) is 254 Å². The number of amidine groups is 2. The molecule has 3 N–H and O–H groups in total. The highest BCUT2D eigenvalue weighted by Crippen LogP contribution is 2.46. The monoisotopic (exact) mass is 874 g/mol. The molecule has 0 atom stereocenters. The fraction of sp³-hybridized carbons (Fsp3) is 0.0161. The molecule has 0 bridgehead atoms. The molecular formula is C62H46N6. The number of para-hydroxylation sites is 3. The minimum Gasteiger partial charge on any atom is -0.398 e. The Hall–Kier alpha value is -9.13. The molecule has 11 aromatic rings. The summed E-state index contributed by atoms with van der Waals surface area (Å²) in [7, 11) is 2.05. The first-order chi connectivity index (χ1) is 33.5. The Balaban J connectivity index is 1.21. The van der Waals surface area contributed by atoms with Gasteiger partial charge in [0.25, 0.3) is 0 Å². The Morgan fingerprint density at radius 3 is 1.69 bits per heavy atom. The molecule has 68 heavy (non-hydrogen) atoms. The summed E-state index contributed by atoms with van der Waals surface area (Å²) in [6.07, 6.45) is 0. The number of hydrogen-bond acceptors (Lipinski definition) is 3. The molecule has 6 heteroatoms. The lowest BCUT2D eigenvalue weighted by Gasteiger charge is -2.27. The number of aliphatic imine (C=N–C) groups is 1. The fourth-order valence-electron chi connectivity index (χ4n) is 9.45. The maximum Gasteiger partial charge on any atom is 0.154 e. The SMILES string of the molecule is CN(C(=NC(=N)c1ccccc1)c1ccccc1)c1c(-c2ccccc2N)ccc2c3ccccc3n(-c3ccccc3-c3cc(-c4ccccc4)cc(-c4ccccc4-c4ccccc4)n3)c12.